The molecule has 4 aromatic rings. The Morgan fingerprint density at radius 1 is 1.13 bits per heavy atom. The fourth-order valence-corrected chi connectivity index (χ4v) is 6.49. The number of hydrogen-bond donors (Lipinski definition) is 2. The van der Waals surface area contributed by atoms with E-state index in [0.29, 0.717) is 29.4 Å². The lowest BCUT2D eigenvalue weighted by Crippen LogP contribution is -2.46. The van der Waals surface area contributed by atoms with Gasteiger partial charge in [-0.25, -0.2) is 8.42 Å². The Morgan fingerprint density at radius 2 is 1.95 bits per heavy atom. The summed E-state index contributed by atoms with van der Waals surface area (Å²) in [6.07, 6.45) is 4.00. The van der Waals surface area contributed by atoms with Crippen LogP contribution in [0.1, 0.15) is 35.9 Å². The van der Waals surface area contributed by atoms with Gasteiger partial charge in [-0.2, -0.15) is 4.72 Å². The monoisotopic (exact) mass is 549 g/mol. The van der Waals surface area contributed by atoms with Gasteiger partial charge in [0, 0.05) is 22.9 Å². The molecule has 0 aliphatic carbocycles. The molecule has 0 radical (unpaired) electrons. The summed E-state index contributed by atoms with van der Waals surface area (Å²) in [5, 5.41) is 2.51. The topological polar surface area (TPSA) is 109 Å². The number of aromatic amines is 1. The molecular weight excluding hydrogens is 522 g/mol. The third-order valence-electron chi connectivity index (χ3n) is 6.53. The Balaban J connectivity index is 1.51. The highest BCUT2D eigenvalue weighted by Gasteiger charge is 2.35. The standard InChI is InChI=1S/C28H27N3O5S2/c1-19(25-10-6-16-37-25)31(18-22-9-5-15-36-22)28(33)27(20-7-3-2-4-8-20)30-38(34,35)23-12-13-24-21(17-23)11-14-26(32)29-24/h2-8,10-17,19,22,27,30H,9,18H2,1H3,(H,29,32). The molecule has 196 valence electrons. The van der Waals surface area contributed by atoms with E-state index in [2.05, 4.69) is 9.71 Å². The Bertz CT molecular complexity index is 1610. The minimum absolute atomic E-state index is 0.00744. The number of nitrogens with zero attached hydrogens (tertiary/aromatic N) is 1. The van der Waals surface area contributed by atoms with E-state index in [9.17, 15) is 18.0 Å². The first-order valence-corrected chi connectivity index (χ1v) is 14.5. The molecule has 3 heterocycles. The van der Waals surface area contributed by atoms with Crippen molar-refractivity contribution in [1.29, 1.82) is 0 Å². The minimum Gasteiger partial charge on any atom is -0.496 e. The number of hydrogen-bond acceptors (Lipinski definition) is 6. The van der Waals surface area contributed by atoms with Crippen molar-refractivity contribution in [2.45, 2.75) is 36.4 Å². The lowest BCUT2D eigenvalue weighted by atomic mass is 10.0. The van der Waals surface area contributed by atoms with Crippen LogP contribution < -0.4 is 10.3 Å². The van der Waals surface area contributed by atoms with Crippen molar-refractivity contribution in [3.8, 4) is 0 Å². The van der Waals surface area contributed by atoms with Crippen LogP contribution >= 0.6 is 11.3 Å². The Labute approximate surface area is 224 Å². The average Bonchev–Trinajstić information content (AvgIpc) is 3.65. The highest BCUT2D eigenvalue weighted by molar-refractivity contribution is 7.89. The molecule has 10 heteroatoms. The van der Waals surface area contributed by atoms with E-state index in [1.165, 1.54) is 18.2 Å². The fraction of sp³-hybridized carbons (Fsp3) is 0.214. The minimum atomic E-state index is -4.13. The van der Waals surface area contributed by atoms with Crippen molar-refractivity contribution in [3.05, 3.63) is 111 Å². The molecule has 0 saturated carbocycles. The zero-order chi connectivity index (χ0) is 26.7. The van der Waals surface area contributed by atoms with Crippen molar-refractivity contribution in [2.75, 3.05) is 6.54 Å². The number of fused-ring (bicyclic) bond motifs is 1. The number of H-pyrrole nitrogens is 1. The summed E-state index contributed by atoms with van der Waals surface area (Å²) in [4.78, 5) is 31.2. The maximum atomic E-state index is 14.2. The Morgan fingerprint density at radius 3 is 2.66 bits per heavy atom. The number of carbonyl (C=O) groups excluding carboxylic acids is 1. The van der Waals surface area contributed by atoms with Gasteiger partial charge in [-0.05, 0) is 59.7 Å². The van der Waals surface area contributed by atoms with Crippen LogP contribution in [-0.4, -0.2) is 36.9 Å². The van der Waals surface area contributed by atoms with Crippen LogP contribution in [0.15, 0.2) is 100 Å². The summed E-state index contributed by atoms with van der Waals surface area (Å²) in [5.74, 6) is -0.374. The molecule has 5 rings (SSSR count). The fourth-order valence-electron chi connectivity index (χ4n) is 4.48. The summed E-state index contributed by atoms with van der Waals surface area (Å²) < 4.78 is 35.6. The number of sulfonamides is 1. The molecule has 2 aromatic carbocycles. The second-order valence-electron chi connectivity index (χ2n) is 9.08. The first kappa shape index (κ1) is 25.9. The molecular formula is C28H27N3O5S2. The summed E-state index contributed by atoms with van der Waals surface area (Å²) >= 11 is 1.54. The lowest BCUT2D eigenvalue weighted by molar-refractivity contribution is -0.136. The van der Waals surface area contributed by atoms with Gasteiger partial charge in [-0.3, -0.25) is 9.59 Å². The van der Waals surface area contributed by atoms with Gasteiger partial charge < -0.3 is 14.6 Å². The lowest BCUT2D eigenvalue weighted by Gasteiger charge is -2.34. The van der Waals surface area contributed by atoms with Crippen molar-refractivity contribution < 1.29 is 17.9 Å². The number of nitrogens with one attached hydrogen (secondary N) is 2. The van der Waals surface area contributed by atoms with E-state index in [1.807, 2.05) is 36.6 Å². The molecule has 0 saturated heterocycles. The predicted octanol–water partition coefficient (Wildman–Crippen LogP) is 4.50. The average molecular weight is 550 g/mol. The summed E-state index contributed by atoms with van der Waals surface area (Å²) in [6, 6.07) is 18.6. The number of benzene rings is 2. The van der Waals surface area contributed by atoms with Gasteiger partial charge in [0.05, 0.1) is 23.7 Å². The van der Waals surface area contributed by atoms with E-state index < -0.39 is 16.1 Å². The number of thiophene rings is 1. The number of aromatic nitrogens is 1. The molecule has 2 aromatic heterocycles. The van der Waals surface area contributed by atoms with E-state index in [0.717, 1.165) is 4.88 Å². The molecule has 0 bridgehead atoms. The van der Waals surface area contributed by atoms with Crippen molar-refractivity contribution in [3.63, 3.8) is 0 Å². The number of amides is 1. The van der Waals surface area contributed by atoms with Crippen LogP contribution in [0.5, 0.6) is 0 Å². The zero-order valence-electron chi connectivity index (χ0n) is 20.6. The third-order valence-corrected chi connectivity index (χ3v) is 8.99. The van der Waals surface area contributed by atoms with Crippen molar-refractivity contribution in [1.82, 2.24) is 14.6 Å². The SMILES string of the molecule is CC(c1cccs1)N(CC1CC=CO1)C(=O)C(NS(=O)(=O)c1ccc2[nH]c(=O)ccc2c1)c1ccccc1. The molecule has 0 spiro atoms. The first-order valence-electron chi connectivity index (χ1n) is 12.2. The second-order valence-corrected chi connectivity index (χ2v) is 11.8. The van der Waals surface area contributed by atoms with Crippen LogP contribution in [0.3, 0.4) is 0 Å². The Hall–Kier alpha value is -3.73. The van der Waals surface area contributed by atoms with Gasteiger partial charge in [0.25, 0.3) is 0 Å². The van der Waals surface area contributed by atoms with Crippen molar-refractivity contribution >= 4 is 38.2 Å². The van der Waals surface area contributed by atoms with Crippen LogP contribution in [0.25, 0.3) is 10.9 Å². The van der Waals surface area contributed by atoms with Crippen LogP contribution in [-0.2, 0) is 19.6 Å². The van der Waals surface area contributed by atoms with E-state index >= 15 is 0 Å². The van der Waals surface area contributed by atoms with E-state index in [4.69, 9.17) is 4.74 Å². The smallest absolute Gasteiger partial charge is 0.248 e. The van der Waals surface area contributed by atoms with Gasteiger partial charge in [-0.1, -0.05) is 36.4 Å². The van der Waals surface area contributed by atoms with Crippen LogP contribution in [0.2, 0.25) is 0 Å². The maximum absolute atomic E-state index is 14.2. The number of carbonyl (C=O) groups is 1. The van der Waals surface area contributed by atoms with Gasteiger partial charge in [-0.15, -0.1) is 11.3 Å². The zero-order valence-corrected chi connectivity index (χ0v) is 22.2. The maximum Gasteiger partial charge on any atom is 0.248 e. The van der Waals surface area contributed by atoms with Gasteiger partial charge in [0.15, 0.2) is 0 Å². The van der Waals surface area contributed by atoms with E-state index in [1.54, 1.807) is 58.9 Å². The normalized spacial score (nSPS) is 16.7. The Kier molecular flexibility index (Phi) is 7.46. The van der Waals surface area contributed by atoms with Crippen LogP contribution in [0, 0.1) is 0 Å². The highest BCUT2D eigenvalue weighted by atomic mass is 32.2. The number of ether oxygens (including phenoxy) is 1. The van der Waals surface area contributed by atoms with Gasteiger partial charge in [0.1, 0.15) is 12.1 Å². The summed E-state index contributed by atoms with van der Waals surface area (Å²) in [5.41, 5.74) is 0.774. The molecule has 1 amide bonds. The molecule has 2 N–H and O–H groups in total. The highest BCUT2D eigenvalue weighted by Crippen LogP contribution is 2.30. The molecule has 8 nitrogen and oxygen atoms in total. The predicted molar refractivity (Wildman–Crippen MR) is 147 cm³/mol. The van der Waals surface area contributed by atoms with Gasteiger partial charge in [0.2, 0.25) is 21.5 Å². The molecule has 3 atom stereocenters. The molecule has 1 aliphatic rings. The second kappa shape index (κ2) is 10.9. The number of rotatable bonds is 9. The summed E-state index contributed by atoms with van der Waals surface area (Å²) in [7, 11) is -4.13. The van der Waals surface area contributed by atoms with Gasteiger partial charge >= 0.3 is 0 Å². The largest absolute Gasteiger partial charge is 0.496 e. The first-order chi connectivity index (χ1) is 18.3. The van der Waals surface area contributed by atoms with Crippen molar-refractivity contribution in [2.24, 2.45) is 0 Å². The quantitative estimate of drug-likeness (QED) is 0.320. The van der Waals surface area contributed by atoms with E-state index in [-0.39, 0.29) is 28.5 Å². The third kappa shape index (κ3) is 5.57. The molecule has 38 heavy (non-hydrogen) atoms. The summed E-state index contributed by atoms with van der Waals surface area (Å²) in [6.45, 7) is 2.24. The molecule has 0 fully saturated rings. The van der Waals surface area contributed by atoms with Crippen LogP contribution in [0.4, 0.5) is 0 Å². The molecule has 1 aliphatic heterocycles. The molecule has 3 unspecified atom stereocenters. The number of pyridine rings is 1.